The Labute approximate surface area is 206 Å². The third-order valence-electron chi connectivity index (χ3n) is 7.43. The maximum absolute atomic E-state index is 13.7. The lowest BCUT2D eigenvalue weighted by molar-refractivity contribution is 0.0693. The molecule has 184 valence electrons. The molecule has 0 saturated carbocycles. The van der Waals surface area contributed by atoms with Crippen molar-refractivity contribution in [1.29, 1.82) is 0 Å². The zero-order valence-electron chi connectivity index (χ0n) is 20.4. The predicted octanol–water partition coefficient (Wildman–Crippen LogP) is 3.21. The number of hydrogen-bond acceptors (Lipinski definition) is 5. The van der Waals surface area contributed by atoms with Gasteiger partial charge in [-0.3, -0.25) is 19.2 Å². The summed E-state index contributed by atoms with van der Waals surface area (Å²) >= 11 is 0. The fraction of sp³-hybridized carbons (Fsp3) is 0.429. The van der Waals surface area contributed by atoms with Crippen LogP contribution in [0.2, 0.25) is 0 Å². The number of pyridine rings is 1. The summed E-state index contributed by atoms with van der Waals surface area (Å²) in [6.07, 6.45) is 2.63. The van der Waals surface area contributed by atoms with Crippen molar-refractivity contribution >= 4 is 16.7 Å². The summed E-state index contributed by atoms with van der Waals surface area (Å²) in [7, 11) is 0. The van der Waals surface area contributed by atoms with Crippen molar-refractivity contribution in [2.45, 2.75) is 26.3 Å². The molecule has 0 aliphatic carbocycles. The molecule has 3 heterocycles. The number of hydrogen-bond donors (Lipinski definition) is 1. The molecule has 0 bridgehead atoms. The first kappa shape index (κ1) is 23.7. The van der Waals surface area contributed by atoms with E-state index < -0.39 is 5.97 Å². The summed E-state index contributed by atoms with van der Waals surface area (Å²) in [5.74, 6) is -0.998. The van der Waals surface area contributed by atoms with Gasteiger partial charge in [-0.1, -0.05) is 30.3 Å². The van der Waals surface area contributed by atoms with Gasteiger partial charge in [-0.05, 0) is 56.6 Å². The van der Waals surface area contributed by atoms with E-state index in [1.54, 1.807) is 28.8 Å². The van der Waals surface area contributed by atoms with E-state index in [1.165, 1.54) is 25.9 Å². The first-order valence-corrected chi connectivity index (χ1v) is 12.7. The van der Waals surface area contributed by atoms with E-state index in [2.05, 4.69) is 14.7 Å². The molecule has 0 spiro atoms. The minimum Gasteiger partial charge on any atom is -0.478 e. The summed E-state index contributed by atoms with van der Waals surface area (Å²) in [5.41, 5.74) is 2.34. The molecule has 1 N–H and O–H groups in total. The Morgan fingerprint density at radius 3 is 2.11 bits per heavy atom. The number of nitrogens with zero attached hydrogens (tertiary/aromatic N) is 4. The third-order valence-corrected chi connectivity index (χ3v) is 7.43. The van der Waals surface area contributed by atoms with E-state index in [0.29, 0.717) is 28.7 Å². The van der Waals surface area contributed by atoms with Crippen molar-refractivity contribution in [3.8, 4) is 5.69 Å². The average molecular weight is 475 g/mol. The van der Waals surface area contributed by atoms with Crippen LogP contribution >= 0.6 is 0 Å². The van der Waals surface area contributed by atoms with Crippen molar-refractivity contribution < 1.29 is 9.90 Å². The minimum atomic E-state index is -0.998. The lowest BCUT2D eigenvalue weighted by Crippen LogP contribution is -2.48. The van der Waals surface area contributed by atoms with Crippen LogP contribution in [-0.2, 0) is 6.54 Å². The standard InChI is InChI=1S/C28H34N4O3/c1-21-7-6-8-22(19-21)32-25(26(28(34)35)23-9-2-3-10-24(23)27(32)33)20-31-17-15-30(16-18-31)14-13-29-11-4-5-12-29/h2-3,6-10,19H,4-5,11-18,20H2,1H3,(H,34,35). The number of carbonyl (C=O) groups is 1. The van der Waals surface area contributed by atoms with Gasteiger partial charge >= 0.3 is 5.97 Å². The molecule has 0 atom stereocenters. The fourth-order valence-electron chi connectivity index (χ4n) is 5.50. The molecule has 2 aliphatic heterocycles. The van der Waals surface area contributed by atoms with Crippen LogP contribution in [0.3, 0.4) is 0 Å². The maximum Gasteiger partial charge on any atom is 0.338 e. The van der Waals surface area contributed by atoms with E-state index in [9.17, 15) is 14.7 Å². The number of likely N-dealkylation sites (tertiary alicyclic amines) is 1. The van der Waals surface area contributed by atoms with Crippen LogP contribution in [-0.4, -0.2) is 82.7 Å². The summed E-state index contributed by atoms with van der Waals surface area (Å²) in [6, 6.07) is 14.8. The molecule has 2 fully saturated rings. The Bertz CT molecular complexity index is 1270. The van der Waals surface area contributed by atoms with Crippen LogP contribution in [0.15, 0.2) is 53.3 Å². The van der Waals surface area contributed by atoms with Gasteiger partial charge in [0.1, 0.15) is 0 Å². The van der Waals surface area contributed by atoms with Crippen LogP contribution in [0, 0.1) is 6.92 Å². The van der Waals surface area contributed by atoms with Crippen molar-refractivity contribution in [1.82, 2.24) is 19.3 Å². The Kier molecular flexibility index (Phi) is 7.00. The van der Waals surface area contributed by atoms with Crippen molar-refractivity contribution in [2.75, 3.05) is 52.4 Å². The largest absolute Gasteiger partial charge is 0.478 e. The number of benzene rings is 2. The number of carboxylic acid groups (broad SMARTS) is 1. The molecule has 1 aromatic heterocycles. The summed E-state index contributed by atoms with van der Waals surface area (Å²) in [5, 5.41) is 11.2. The van der Waals surface area contributed by atoms with Gasteiger partial charge in [-0.25, -0.2) is 4.79 Å². The van der Waals surface area contributed by atoms with E-state index in [-0.39, 0.29) is 11.1 Å². The molecule has 2 saturated heterocycles. The molecule has 2 aromatic carbocycles. The lowest BCUT2D eigenvalue weighted by Gasteiger charge is -2.36. The minimum absolute atomic E-state index is 0.171. The number of aryl methyl sites for hydroxylation is 1. The van der Waals surface area contributed by atoms with E-state index >= 15 is 0 Å². The Balaban J connectivity index is 1.46. The van der Waals surface area contributed by atoms with Gasteiger partial charge in [0.15, 0.2) is 0 Å². The summed E-state index contributed by atoms with van der Waals surface area (Å²) in [4.78, 5) is 33.6. The highest BCUT2D eigenvalue weighted by molar-refractivity contribution is 6.04. The van der Waals surface area contributed by atoms with Crippen LogP contribution in [0.1, 0.15) is 34.5 Å². The average Bonchev–Trinajstić information content (AvgIpc) is 3.37. The molecule has 3 aromatic rings. The zero-order chi connectivity index (χ0) is 24.4. The molecule has 0 amide bonds. The highest BCUT2D eigenvalue weighted by Gasteiger charge is 2.26. The molecule has 2 aliphatic rings. The normalized spacial score (nSPS) is 17.9. The van der Waals surface area contributed by atoms with E-state index in [1.807, 2.05) is 31.2 Å². The Morgan fingerprint density at radius 1 is 0.829 bits per heavy atom. The van der Waals surface area contributed by atoms with E-state index in [0.717, 1.165) is 44.8 Å². The third kappa shape index (κ3) is 5.03. The van der Waals surface area contributed by atoms with Gasteiger partial charge in [-0.2, -0.15) is 0 Å². The Morgan fingerprint density at radius 2 is 1.46 bits per heavy atom. The van der Waals surface area contributed by atoms with E-state index in [4.69, 9.17) is 0 Å². The monoisotopic (exact) mass is 474 g/mol. The van der Waals surface area contributed by atoms with Crippen LogP contribution in [0.5, 0.6) is 0 Å². The molecule has 5 rings (SSSR count). The van der Waals surface area contributed by atoms with Gasteiger partial charge in [-0.15, -0.1) is 0 Å². The smallest absolute Gasteiger partial charge is 0.338 e. The highest BCUT2D eigenvalue weighted by Crippen LogP contribution is 2.25. The fourth-order valence-corrected chi connectivity index (χ4v) is 5.50. The van der Waals surface area contributed by atoms with Gasteiger partial charge in [0, 0.05) is 62.3 Å². The first-order valence-electron chi connectivity index (χ1n) is 12.7. The second-order valence-corrected chi connectivity index (χ2v) is 9.82. The number of aromatic nitrogens is 1. The van der Waals surface area contributed by atoms with Crippen LogP contribution in [0.25, 0.3) is 16.5 Å². The molecule has 0 radical (unpaired) electrons. The summed E-state index contributed by atoms with van der Waals surface area (Å²) in [6.45, 7) is 10.7. The van der Waals surface area contributed by atoms with Gasteiger partial charge in [0.05, 0.1) is 11.3 Å². The maximum atomic E-state index is 13.7. The number of carboxylic acids is 1. The van der Waals surface area contributed by atoms with Gasteiger partial charge in [0.2, 0.25) is 0 Å². The SMILES string of the molecule is Cc1cccc(-n2c(CN3CCN(CCN4CCCC4)CC3)c(C(=O)O)c3ccccc3c2=O)c1. The number of piperazine rings is 1. The Hall–Kier alpha value is -3.00. The number of fused-ring (bicyclic) bond motifs is 1. The quantitative estimate of drug-likeness (QED) is 0.567. The molecular weight excluding hydrogens is 440 g/mol. The van der Waals surface area contributed by atoms with Crippen LogP contribution < -0.4 is 5.56 Å². The number of rotatable bonds is 7. The van der Waals surface area contributed by atoms with Crippen LogP contribution in [0.4, 0.5) is 0 Å². The van der Waals surface area contributed by atoms with Gasteiger partial charge < -0.3 is 10.0 Å². The molecule has 7 nitrogen and oxygen atoms in total. The number of aromatic carboxylic acids is 1. The van der Waals surface area contributed by atoms with Crippen molar-refractivity contribution in [3.63, 3.8) is 0 Å². The van der Waals surface area contributed by atoms with Gasteiger partial charge in [0.25, 0.3) is 5.56 Å². The molecule has 7 heteroatoms. The zero-order valence-corrected chi connectivity index (χ0v) is 20.4. The second kappa shape index (κ2) is 10.3. The lowest BCUT2D eigenvalue weighted by atomic mass is 10.0. The molecule has 0 unspecified atom stereocenters. The second-order valence-electron chi connectivity index (χ2n) is 9.82. The summed E-state index contributed by atoms with van der Waals surface area (Å²) < 4.78 is 1.62. The van der Waals surface area contributed by atoms with Crippen molar-refractivity contribution in [2.24, 2.45) is 0 Å². The molecule has 35 heavy (non-hydrogen) atoms. The topological polar surface area (TPSA) is 69.0 Å². The van der Waals surface area contributed by atoms with Crippen molar-refractivity contribution in [3.05, 3.63) is 75.7 Å². The highest BCUT2D eigenvalue weighted by atomic mass is 16.4. The predicted molar refractivity (Wildman–Crippen MR) is 139 cm³/mol. The molecular formula is C28H34N4O3. The first-order chi connectivity index (χ1) is 17.0.